The third-order valence-electron chi connectivity index (χ3n) is 4.38. The van der Waals surface area contributed by atoms with Gasteiger partial charge in [0.25, 0.3) is 6.17 Å². The summed E-state index contributed by atoms with van der Waals surface area (Å²) in [5, 5.41) is 18.8. The van der Waals surface area contributed by atoms with Gasteiger partial charge in [-0.2, -0.15) is 0 Å². The zero-order valence-corrected chi connectivity index (χ0v) is 18.9. The predicted octanol–water partition coefficient (Wildman–Crippen LogP) is 4.43. The number of aromatic hydroxyl groups is 1. The topological polar surface area (TPSA) is 81.9 Å². The maximum Gasteiger partial charge on any atom is 0.325 e. The molecular weight excluding hydrogens is 508 g/mol. The lowest BCUT2D eigenvalue weighted by Gasteiger charge is -2.22. The number of thioether (sulfide) groups is 1. The summed E-state index contributed by atoms with van der Waals surface area (Å²) < 4.78 is 2.85. The molecule has 4 rings (SSSR count). The molecule has 0 radical (unpaired) electrons. The molecule has 0 bridgehead atoms. The number of halogens is 2. The van der Waals surface area contributed by atoms with E-state index < -0.39 is 6.17 Å². The van der Waals surface area contributed by atoms with Gasteiger partial charge < -0.3 is 10.4 Å². The highest BCUT2D eigenvalue weighted by Gasteiger charge is 2.38. The lowest BCUT2D eigenvalue weighted by atomic mass is 10.0. The number of rotatable bonds is 4. The third-order valence-corrected chi connectivity index (χ3v) is 6.66. The Labute approximate surface area is 182 Å². The van der Waals surface area contributed by atoms with E-state index in [2.05, 4.69) is 49.1 Å². The van der Waals surface area contributed by atoms with Crippen LogP contribution in [0.5, 0.6) is 5.75 Å². The molecule has 0 unspecified atom stereocenters. The number of fused-ring (bicyclic) bond motifs is 3. The molecule has 3 N–H and O–H groups in total. The smallest absolute Gasteiger partial charge is 0.325 e. The first kappa shape index (κ1) is 19.5. The highest BCUT2D eigenvalue weighted by Crippen LogP contribution is 2.37. The fourth-order valence-corrected chi connectivity index (χ4v) is 5.05. The second-order valence-electron chi connectivity index (χ2n) is 6.33. The summed E-state index contributed by atoms with van der Waals surface area (Å²) in [5.74, 6) is 0.996. The van der Waals surface area contributed by atoms with Crippen molar-refractivity contribution in [3.05, 3.63) is 61.3 Å². The number of phenols is 1. The minimum atomic E-state index is -0.402. The molecule has 0 amide bonds. The molecule has 144 valence electrons. The summed E-state index contributed by atoms with van der Waals surface area (Å²) >= 11 is 8.30. The second-order valence-corrected chi connectivity index (χ2v) is 9.12. The zero-order chi connectivity index (χ0) is 19.8. The summed E-state index contributed by atoms with van der Waals surface area (Å²) in [5.41, 5.74) is 2.83. The molecule has 0 fully saturated rings. The number of aromatic amines is 1. The van der Waals surface area contributed by atoms with Crippen molar-refractivity contribution in [1.82, 2.24) is 10.1 Å². The van der Waals surface area contributed by atoms with Crippen LogP contribution < -0.4 is 15.6 Å². The number of para-hydroxylation sites is 1. The number of H-pyrrole nitrogens is 1. The third kappa shape index (κ3) is 3.46. The molecule has 0 aliphatic carbocycles. The second kappa shape index (κ2) is 7.88. The van der Waals surface area contributed by atoms with E-state index in [0.717, 1.165) is 29.0 Å². The molecule has 2 aromatic carbocycles. The molecule has 1 atom stereocenters. The fraction of sp³-hybridized carbons (Fsp3) is 0.211. The van der Waals surface area contributed by atoms with Crippen LogP contribution in [-0.4, -0.2) is 20.9 Å². The molecule has 1 aromatic heterocycles. The van der Waals surface area contributed by atoms with Gasteiger partial charge in [0, 0.05) is 16.4 Å². The van der Waals surface area contributed by atoms with Crippen molar-refractivity contribution in [3.8, 4) is 17.0 Å². The van der Waals surface area contributed by atoms with E-state index >= 15 is 0 Å². The van der Waals surface area contributed by atoms with Crippen LogP contribution in [0.2, 0.25) is 0 Å². The lowest BCUT2D eigenvalue weighted by molar-refractivity contribution is -0.759. The van der Waals surface area contributed by atoms with Gasteiger partial charge in [-0.15, -0.1) is 0 Å². The minimum Gasteiger partial charge on any atom is -0.506 e. The van der Waals surface area contributed by atoms with Gasteiger partial charge in [-0.3, -0.25) is 9.78 Å². The van der Waals surface area contributed by atoms with Crippen molar-refractivity contribution < 1.29 is 9.79 Å². The molecule has 3 aromatic rings. The van der Waals surface area contributed by atoms with Crippen molar-refractivity contribution in [2.75, 3.05) is 11.1 Å². The largest absolute Gasteiger partial charge is 0.506 e. The Balaban J connectivity index is 1.94. The first-order valence-corrected chi connectivity index (χ1v) is 11.3. The highest BCUT2D eigenvalue weighted by atomic mass is 79.9. The van der Waals surface area contributed by atoms with E-state index in [1.807, 2.05) is 36.4 Å². The Bertz CT molecular complexity index is 1100. The molecule has 2 heterocycles. The van der Waals surface area contributed by atoms with Crippen LogP contribution >= 0.6 is 43.6 Å². The zero-order valence-electron chi connectivity index (χ0n) is 14.9. The van der Waals surface area contributed by atoms with Crippen LogP contribution in [0, 0.1) is 0 Å². The Morgan fingerprint density at radius 2 is 1.96 bits per heavy atom. The first-order valence-electron chi connectivity index (χ1n) is 8.72. The molecule has 1 aliphatic rings. The van der Waals surface area contributed by atoms with E-state index in [1.165, 1.54) is 11.8 Å². The molecular formula is C19H17Br2N4O2S+. The van der Waals surface area contributed by atoms with Gasteiger partial charge in [0.15, 0.2) is 0 Å². The van der Waals surface area contributed by atoms with Crippen molar-refractivity contribution >= 4 is 49.3 Å². The van der Waals surface area contributed by atoms with Gasteiger partial charge in [0.2, 0.25) is 5.16 Å². The predicted molar refractivity (Wildman–Crippen MR) is 117 cm³/mol. The summed E-state index contributed by atoms with van der Waals surface area (Å²) in [4.78, 5) is 15.9. The first-order chi connectivity index (χ1) is 13.5. The molecule has 0 saturated heterocycles. The number of benzene rings is 2. The van der Waals surface area contributed by atoms with Crippen LogP contribution in [-0.2, 0) is 0 Å². The van der Waals surface area contributed by atoms with Gasteiger partial charge in [-0.05, 0) is 67.2 Å². The van der Waals surface area contributed by atoms with E-state index in [9.17, 15) is 9.90 Å². The van der Waals surface area contributed by atoms with Crippen LogP contribution in [0.3, 0.4) is 0 Å². The minimum absolute atomic E-state index is 0.128. The van der Waals surface area contributed by atoms with E-state index in [1.54, 1.807) is 4.68 Å². The van der Waals surface area contributed by atoms with E-state index in [0.29, 0.717) is 19.8 Å². The maximum atomic E-state index is 13.0. The molecule has 9 heteroatoms. The van der Waals surface area contributed by atoms with Gasteiger partial charge in [0.05, 0.1) is 20.2 Å². The fourth-order valence-electron chi connectivity index (χ4n) is 3.12. The Morgan fingerprint density at radius 3 is 2.68 bits per heavy atom. The Morgan fingerprint density at radius 1 is 1.25 bits per heavy atom. The van der Waals surface area contributed by atoms with E-state index in [4.69, 9.17) is 5.10 Å². The van der Waals surface area contributed by atoms with Crippen molar-refractivity contribution in [3.63, 3.8) is 0 Å². The quantitative estimate of drug-likeness (QED) is 0.347. The van der Waals surface area contributed by atoms with Crippen molar-refractivity contribution in [2.24, 2.45) is 0 Å². The molecule has 6 nitrogen and oxygen atoms in total. The average Bonchev–Trinajstić information content (AvgIpc) is 2.69. The summed E-state index contributed by atoms with van der Waals surface area (Å²) in [6.45, 7) is 2.09. The van der Waals surface area contributed by atoms with Gasteiger partial charge in [-0.1, -0.05) is 30.8 Å². The monoisotopic (exact) mass is 523 g/mol. The molecule has 0 saturated carbocycles. The molecule has 1 aliphatic heterocycles. The van der Waals surface area contributed by atoms with Gasteiger partial charge >= 0.3 is 11.3 Å². The highest BCUT2D eigenvalue weighted by molar-refractivity contribution is 9.11. The van der Waals surface area contributed by atoms with E-state index in [-0.39, 0.29) is 11.3 Å². The van der Waals surface area contributed by atoms with Crippen LogP contribution in [0.15, 0.2) is 55.3 Å². The standard InChI is InChI=1S/C19H16Br2N4O2S/c1-2-7-28-19-23-18(27)15-11-5-3-4-6-14(11)22-17(25(15)24-19)10-8-12(20)16(26)13(21)9-10/h3-6,8-9,17H,2,7H2,1H3,(H2,23,24,26,27)/p+1/t17-/m1/s1. The number of nitrogens with zero attached hydrogens (tertiary/aromatic N) is 2. The van der Waals surface area contributed by atoms with Gasteiger partial charge in [-0.25, -0.2) is 0 Å². The number of nitrogens with one attached hydrogen (secondary N) is 2. The summed E-state index contributed by atoms with van der Waals surface area (Å²) in [6.07, 6.45) is 0.583. The number of aromatic nitrogens is 3. The van der Waals surface area contributed by atoms with Crippen molar-refractivity contribution in [2.45, 2.75) is 24.7 Å². The van der Waals surface area contributed by atoms with Crippen LogP contribution in [0.1, 0.15) is 25.1 Å². The van der Waals surface area contributed by atoms with Crippen molar-refractivity contribution in [1.29, 1.82) is 0 Å². The number of hydrogen-bond acceptors (Lipinski definition) is 5. The molecule has 28 heavy (non-hydrogen) atoms. The maximum absolute atomic E-state index is 13.0. The SMILES string of the molecule is CCCSc1n[n+]2c(c(=O)[nH]1)-c1ccccc1N[C@H]2c1cc(Br)c(O)c(Br)c1. The normalized spacial score (nSPS) is 14.9. The summed E-state index contributed by atoms with van der Waals surface area (Å²) in [7, 11) is 0. The van der Waals surface area contributed by atoms with Crippen LogP contribution in [0.4, 0.5) is 5.69 Å². The average molecular weight is 525 g/mol. The number of anilines is 1. The number of phenolic OH excluding ortho intramolecular Hbond substituents is 1. The van der Waals surface area contributed by atoms with Gasteiger partial charge in [0.1, 0.15) is 5.75 Å². The molecule has 0 spiro atoms. The van der Waals surface area contributed by atoms with Crippen LogP contribution in [0.25, 0.3) is 11.3 Å². The Kier molecular flexibility index (Phi) is 5.48. The lowest BCUT2D eigenvalue weighted by Crippen LogP contribution is -2.55. The summed E-state index contributed by atoms with van der Waals surface area (Å²) in [6, 6.07) is 11.3. The Hall–Kier alpha value is -1.84. The number of hydrogen-bond donors (Lipinski definition) is 3.